The molecule has 0 spiro atoms. The lowest BCUT2D eigenvalue weighted by Crippen LogP contribution is -2.33. The quantitative estimate of drug-likeness (QED) is 0.879. The lowest BCUT2D eigenvalue weighted by molar-refractivity contribution is 0.0950. The van der Waals surface area contributed by atoms with Crippen LogP contribution < -0.4 is 10.6 Å². The van der Waals surface area contributed by atoms with Gasteiger partial charge in [0, 0.05) is 16.0 Å². The third-order valence-electron chi connectivity index (χ3n) is 3.41. The van der Waals surface area contributed by atoms with Gasteiger partial charge in [0.05, 0.1) is 5.56 Å². The fraction of sp³-hybridized carbons (Fsp3) is 0.500. The third kappa shape index (κ3) is 4.48. The van der Waals surface area contributed by atoms with Crippen molar-refractivity contribution in [3.05, 3.63) is 33.3 Å². The molecule has 1 atom stereocenters. The maximum absolute atomic E-state index is 12.0. The fourth-order valence-corrected chi connectivity index (χ4v) is 2.93. The van der Waals surface area contributed by atoms with Gasteiger partial charge < -0.3 is 10.6 Å². The van der Waals surface area contributed by atoms with E-state index in [1.807, 2.05) is 0 Å². The molecular formula is C14H18BrClN2O. The molecule has 1 aliphatic rings. The van der Waals surface area contributed by atoms with Crippen molar-refractivity contribution in [2.75, 3.05) is 19.6 Å². The van der Waals surface area contributed by atoms with Gasteiger partial charge in [-0.3, -0.25) is 4.79 Å². The normalized spacial score (nSPS) is 19.2. The summed E-state index contributed by atoms with van der Waals surface area (Å²) in [4.78, 5) is 12.0. The van der Waals surface area contributed by atoms with Gasteiger partial charge in [0.15, 0.2) is 0 Å². The van der Waals surface area contributed by atoms with Crippen molar-refractivity contribution in [2.45, 2.75) is 19.3 Å². The summed E-state index contributed by atoms with van der Waals surface area (Å²) in [5.41, 5.74) is 0.592. The minimum atomic E-state index is -0.0712. The smallest absolute Gasteiger partial charge is 0.252 e. The predicted octanol–water partition coefficient (Wildman–Crippen LogP) is 3.22. The second kappa shape index (κ2) is 7.27. The first-order chi connectivity index (χ1) is 9.16. The molecular weight excluding hydrogens is 328 g/mol. The van der Waals surface area contributed by atoms with Crippen LogP contribution in [0.5, 0.6) is 0 Å². The van der Waals surface area contributed by atoms with Gasteiger partial charge in [-0.15, -0.1) is 0 Å². The van der Waals surface area contributed by atoms with Gasteiger partial charge in [-0.1, -0.05) is 11.6 Å². The third-order valence-corrected chi connectivity index (χ3v) is 4.34. The molecule has 1 aromatic rings. The number of carbonyl (C=O) groups is 1. The zero-order valence-corrected chi connectivity index (χ0v) is 13.1. The van der Waals surface area contributed by atoms with Gasteiger partial charge in [0.2, 0.25) is 0 Å². The molecule has 2 N–H and O–H groups in total. The van der Waals surface area contributed by atoms with Crippen LogP contribution in [0, 0.1) is 5.92 Å². The Balaban J connectivity index is 1.82. The molecule has 0 bridgehead atoms. The van der Waals surface area contributed by atoms with Crippen molar-refractivity contribution in [1.29, 1.82) is 0 Å². The summed E-state index contributed by atoms with van der Waals surface area (Å²) in [6.07, 6.45) is 3.51. The van der Waals surface area contributed by atoms with Crippen LogP contribution in [-0.4, -0.2) is 25.5 Å². The number of hydrogen-bond donors (Lipinski definition) is 2. The molecule has 1 aliphatic heterocycles. The Morgan fingerprint density at radius 2 is 2.37 bits per heavy atom. The number of halogens is 2. The Morgan fingerprint density at radius 1 is 1.53 bits per heavy atom. The van der Waals surface area contributed by atoms with Gasteiger partial charge in [-0.25, -0.2) is 0 Å². The summed E-state index contributed by atoms with van der Waals surface area (Å²) >= 11 is 9.28. The molecule has 0 aliphatic carbocycles. The van der Waals surface area contributed by atoms with Crippen LogP contribution in [0.2, 0.25) is 5.02 Å². The van der Waals surface area contributed by atoms with Gasteiger partial charge in [0.25, 0.3) is 5.91 Å². The van der Waals surface area contributed by atoms with E-state index < -0.39 is 0 Å². The number of carbonyl (C=O) groups excluding carboxylic acids is 1. The number of rotatable bonds is 4. The number of amides is 1. The molecule has 104 valence electrons. The molecule has 1 saturated heterocycles. The zero-order chi connectivity index (χ0) is 13.7. The number of hydrogen-bond acceptors (Lipinski definition) is 2. The van der Waals surface area contributed by atoms with Crippen molar-refractivity contribution in [3.8, 4) is 0 Å². The van der Waals surface area contributed by atoms with E-state index in [1.165, 1.54) is 12.8 Å². The van der Waals surface area contributed by atoms with Crippen LogP contribution in [-0.2, 0) is 0 Å². The Bertz CT molecular complexity index is 447. The first kappa shape index (κ1) is 14.8. The van der Waals surface area contributed by atoms with Crippen LogP contribution in [0.1, 0.15) is 29.6 Å². The average Bonchev–Trinajstić information content (AvgIpc) is 2.42. The Labute approximate surface area is 127 Å². The molecule has 1 amide bonds. The highest BCUT2D eigenvalue weighted by Crippen LogP contribution is 2.21. The van der Waals surface area contributed by atoms with E-state index in [0.29, 0.717) is 23.0 Å². The van der Waals surface area contributed by atoms with Crippen LogP contribution >= 0.6 is 27.5 Å². The van der Waals surface area contributed by atoms with Crippen molar-refractivity contribution >= 4 is 33.4 Å². The highest BCUT2D eigenvalue weighted by Gasteiger charge is 2.14. The first-order valence-electron chi connectivity index (χ1n) is 6.61. The molecule has 1 aromatic carbocycles. The molecule has 5 heteroatoms. The molecule has 2 rings (SSSR count). The lowest BCUT2D eigenvalue weighted by Gasteiger charge is -2.22. The molecule has 1 unspecified atom stereocenters. The van der Waals surface area contributed by atoms with Gasteiger partial charge in [-0.2, -0.15) is 0 Å². The Kier molecular flexibility index (Phi) is 5.67. The molecule has 0 saturated carbocycles. The van der Waals surface area contributed by atoms with Gasteiger partial charge in [0.1, 0.15) is 0 Å². The Hall–Kier alpha value is -0.580. The molecule has 3 nitrogen and oxygen atoms in total. The van der Waals surface area contributed by atoms with Gasteiger partial charge >= 0.3 is 0 Å². The maximum atomic E-state index is 12.0. The summed E-state index contributed by atoms with van der Waals surface area (Å²) in [6.45, 7) is 2.90. The van der Waals surface area contributed by atoms with Crippen LogP contribution in [0.3, 0.4) is 0 Å². The van der Waals surface area contributed by atoms with E-state index in [-0.39, 0.29) is 5.91 Å². The van der Waals surface area contributed by atoms with Crippen LogP contribution in [0.25, 0.3) is 0 Å². The number of piperidine rings is 1. The molecule has 19 heavy (non-hydrogen) atoms. The average molecular weight is 346 g/mol. The minimum Gasteiger partial charge on any atom is -0.352 e. The summed E-state index contributed by atoms with van der Waals surface area (Å²) in [5.74, 6) is 0.606. The zero-order valence-electron chi connectivity index (χ0n) is 10.7. The van der Waals surface area contributed by atoms with Crippen LogP contribution in [0.4, 0.5) is 0 Å². The van der Waals surface area contributed by atoms with E-state index in [1.54, 1.807) is 18.2 Å². The molecule has 1 fully saturated rings. The standard InChI is InChI=1S/C14H18BrClN2O/c15-13-4-3-11(16)8-12(13)14(19)18-7-5-10-2-1-6-17-9-10/h3-4,8,10,17H,1-2,5-7,9H2,(H,18,19). The van der Waals surface area contributed by atoms with E-state index in [0.717, 1.165) is 24.0 Å². The maximum Gasteiger partial charge on any atom is 0.252 e. The first-order valence-corrected chi connectivity index (χ1v) is 7.78. The Morgan fingerprint density at radius 3 is 3.11 bits per heavy atom. The molecule has 0 aromatic heterocycles. The number of nitrogens with one attached hydrogen (secondary N) is 2. The number of benzene rings is 1. The van der Waals surface area contributed by atoms with Crippen molar-refractivity contribution in [3.63, 3.8) is 0 Å². The largest absolute Gasteiger partial charge is 0.352 e. The van der Waals surface area contributed by atoms with Crippen molar-refractivity contribution in [2.24, 2.45) is 5.92 Å². The van der Waals surface area contributed by atoms with Crippen molar-refractivity contribution in [1.82, 2.24) is 10.6 Å². The lowest BCUT2D eigenvalue weighted by atomic mass is 9.96. The predicted molar refractivity (Wildman–Crippen MR) is 81.7 cm³/mol. The highest BCUT2D eigenvalue weighted by molar-refractivity contribution is 9.10. The molecule has 1 heterocycles. The summed E-state index contributed by atoms with van der Waals surface area (Å²) in [5, 5.41) is 6.92. The van der Waals surface area contributed by atoms with Gasteiger partial charge in [-0.05, 0) is 72.4 Å². The van der Waals surface area contributed by atoms with E-state index in [9.17, 15) is 4.79 Å². The molecule has 0 radical (unpaired) electrons. The monoisotopic (exact) mass is 344 g/mol. The summed E-state index contributed by atoms with van der Waals surface area (Å²) in [7, 11) is 0. The van der Waals surface area contributed by atoms with E-state index in [2.05, 4.69) is 26.6 Å². The van der Waals surface area contributed by atoms with E-state index >= 15 is 0 Å². The second-order valence-corrected chi connectivity index (χ2v) is 6.17. The SMILES string of the molecule is O=C(NCCC1CCCNC1)c1cc(Cl)ccc1Br. The van der Waals surface area contributed by atoms with Crippen molar-refractivity contribution < 1.29 is 4.79 Å². The second-order valence-electron chi connectivity index (χ2n) is 4.88. The van der Waals surface area contributed by atoms with Crippen LogP contribution in [0.15, 0.2) is 22.7 Å². The van der Waals surface area contributed by atoms with E-state index in [4.69, 9.17) is 11.6 Å². The topological polar surface area (TPSA) is 41.1 Å². The summed E-state index contributed by atoms with van der Waals surface area (Å²) in [6, 6.07) is 5.24. The highest BCUT2D eigenvalue weighted by atomic mass is 79.9. The summed E-state index contributed by atoms with van der Waals surface area (Å²) < 4.78 is 0.772. The fourth-order valence-electron chi connectivity index (χ4n) is 2.33. The minimum absolute atomic E-state index is 0.0712.